The van der Waals surface area contributed by atoms with Crippen molar-refractivity contribution in [3.8, 4) is 16.3 Å². The number of rotatable bonds is 4. The molecule has 7 heteroatoms. The van der Waals surface area contributed by atoms with Crippen LogP contribution in [-0.4, -0.2) is 21.0 Å². The number of carbonyl (C=O) groups excluding carboxylic acids is 1. The van der Waals surface area contributed by atoms with Crippen molar-refractivity contribution in [3.05, 3.63) is 63.7 Å². The zero-order valence-electron chi connectivity index (χ0n) is 10.7. The molecule has 6 nitrogen and oxygen atoms in total. The molecule has 0 saturated carbocycles. The number of nitro groups is 1. The summed E-state index contributed by atoms with van der Waals surface area (Å²) < 4.78 is 1.54. The van der Waals surface area contributed by atoms with Crippen LogP contribution in [0.15, 0.2) is 48.0 Å². The molecule has 104 valence electrons. The lowest BCUT2D eigenvalue weighted by atomic mass is 10.2. The molecule has 0 amide bonds. The zero-order valence-corrected chi connectivity index (χ0v) is 11.5. The number of non-ortho nitro benzene ring substituents is 1. The Labute approximate surface area is 123 Å². The van der Waals surface area contributed by atoms with Gasteiger partial charge in [-0.3, -0.25) is 14.9 Å². The second-order valence-electron chi connectivity index (χ2n) is 4.25. The van der Waals surface area contributed by atoms with Crippen LogP contribution >= 0.6 is 11.3 Å². The molecule has 0 unspecified atom stereocenters. The topological polar surface area (TPSA) is 78.0 Å². The maximum atomic E-state index is 11.2. The quantitative estimate of drug-likeness (QED) is 0.420. The van der Waals surface area contributed by atoms with E-state index in [9.17, 15) is 14.9 Å². The van der Waals surface area contributed by atoms with Gasteiger partial charge in [0.05, 0.1) is 21.1 Å². The number of hydrogen-bond donors (Lipinski definition) is 0. The van der Waals surface area contributed by atoms with Crippen LogP contribution in [0.4, 0.5) is 5.69 Å². The molecule has 3 aromatic rings. The van der Waals surface area contributed by atoms with Crippen molar-refractivity contribution in [3.63, 3.8) is 0 Å². The van der Waals surface area contributed by atoms with E-state index in [4.69, 9.17) is 0 Å². The Hall–Kier alpha value is -2.80. The second kappa shape index (κ2) is 5.29. The van der Waals surface area contributed by atoms with Crippen molar-refractivity contribution in [1.29, 1.82) is 0 Å². The van der Waals surface area contributed by atoms with E-state index >= 15 is 0 Å². The van der Waals surface area contributed by atoms with E-state index in [1.165, 1.54) is 23.5 Å². The SMILES string of the molecule is O=Cc1cn(-c2ccc([N+](=O)[O-])cc2)nc1-c1cccs1. The lowest BCUT2D eigenvalue weighted by molar-refractivity contribution is -0.384. The maximum absolute atomic E-state index is 11.2. The molecule has 3 rings (SSSR count). The second-order valence-corrected chi connectivity index (χ2v) is 5.19. The molecule has 21 heavy (non-hydrogen) atoms. The maximum Gasteiger partial charge on any atom is 0.269 e. The van der Waals surface area contributed by atoms with Gasteiger partial charge in [0.1, 0.15) is 5.69 Å². The fourth-order valence-electron chi connectivity index (χ4n) is 1.94. The van der Waals surface area contributed by atoms with Crippen molar-refractivity contribution in [2.75, 3.05) is 0 Å². The van der Waals surface area contributed by atoms with Gasteiger partial charge < -0.3 is 0 Å². The molecular weight excluding hydrogens is 290 g/mol. The van der Waals surface area contributed by atoms with E-state index in [0.717, 1.165) is 11.2 Å². The molecule has 2 aromatic heterocycles. The van der Waals surface area contributed by atoms with Crippen LogP contribution < -0.4 is 0 Å². The van der Waals surface area contributed by atoms with Gasteiger partial charge in [-0.2, -0.15) is 5.10 Å². The van der Waals surface area contributed by atoms with Gasteiger partial charge in [0.15, 0.2) is 6.29 Å². The van der Waals surface area contributed by atoms with E-state index in [1.54, 1.807) is 23.0 Å². The van der Waals surface area contributed by atoms with Crippen LogP contribution in [0.25, 0.3) is 16.3 Å². The molecule has 0 aliphatic heterocycles. The third-order valence-electron chi connectivity index (χ3n) is 2.95. The molecule has 0 bridgehead atoms. The number of nitro benzene ring substituents is 1. The minimum Gasteiger partial charge on any atom is -0.298 e. The molecule has 0 fully saturated rings. The van der Waals surface area contributed by atoms with Gasteiger partial charge in [-0.05, 0) is 23.6 Å². The Morgan fingerprint density at radius 2 is 2.00 bits per heavy atom. The van der Waals surface area contributed by atoms with Gasteiger partial charge in [-0.1, -0.05) is 6.07 Å². The van der Waals surface area contributed by atoms with Crippen LogP contribution in [-0.2, 0) is 0 Å². The van der Waals surface area contributed by atoms with Crippen LogP contribution in [0, 0.1) is 10.1 Å². The van der Waals surface area contributed by atoms with E-state index in [-0.39, 0.29) is 5.69 Å². The van der Waals surface area contributed by atoms with Crippen LogP contribution in [0.3, 0.4) is 0 Å². The van der Waals surface area contributed by atoms with E-state index in [2.05, 4.69) is 5.10 Å². The fourth-order valence-corrected chi connectivity index (χ4v) is 2.67. The highest BCUT2D eigenvalue weighted by atomic mass is 32.1. The van der Waals surface area contributed by atoms with Gasteiger partial charge in [0.2, 0.25) is 0 Å². The van der Waals surface area contributed by atoms with Gasteiger partial charge in [0.25, 0.3) is 5.69 Å². The standard InChI is InChI=1S/C14H9N3O3S/c18-9-10-8-16(15-14(10)13-2-1-7-21-13)11-3-5-12(6-4-11)17(19)20/h1-9H. The van der Waals surface area contributed by atoms with Crippen LogP contribution in [0.1, 0.15) is 10.4 Å². The predicted octanol–water partition coefficient (Wildman–Crippen LogP) is 3.32. The summed E-state index contributed by atoms with van der Waals surface area (Å²) in [5.41, 5.74) is 1.76. The monoisotopic (exact) mass is 299 g/mol. The van der Waals surface area contributed by atoms with Gasteiger partial charge >= 0.3 is 0 Å². The summed E-state index contributed by atoms with van der Waals surface area (Å²) in [6, 6.07) is 9.78. The first kappa shape index (κ1) is 13.2. The number of nitrogens with zero attached hydrogens (tertiary/aromatic N) is 3. The molecule has 2 heterocycles. The van der Waals surface area contributed by atoms with Crippen molar-refractivity contribution < 1.29 is 9.72 Å². The number of aldehydes is 1. The van der Waals surface area contributed by atoms with E-state index < -0.39 is 4.92 Å². The van der Waals surface area contributed by atoms with Crippen molar-refractivity contribution in [2.24, 2.45) is 0 Å². The van der Waals surface area contributed by atoms with Crippen molar-refractivity contribution in [1.82, 2.24) is 9.78 Å². The summed E-state index contributed by atoms with van der Waals surface area (Å²) in [7, 11) is 0. The molecule has 0 aliphatic carbocycles. The first-order chi connectivity index (χ1) is 10.2. The Morgan fingerprint density at radius 3 is 2.57 bits per heavy atom. The minimum atomic E-state index is -0.458. The summed E-state index contributed by atoms with van der Waals surface area (Å²) in [4.78, 5) is 22.3. The Morgan fingerprint density at radius 1 is 1.24 bits per heavy atom. The molecule has 0 aliphatic rings. The highest BCUT2D eigenvalue weighted by molar-refractivity contribution is 7.13. The van der Waals surface area contributed by atoms with Crippen molar-refractivity contribution in [2.45, 2.75) is 0 Å². The Kier molecular flexibility index (Phi) is 3.33. The Bertz CT molecular complexity index is 791. The Balaban J connectivity index is 2.03. The van der Waals surface area contributed by atoms with Crippen LogP contribution in [0.2, 0.25) is 0 Å². The smallest absolute Gasteiger partial charge is 0.269 e. The van der Waals surface area contributed by atoms with Crippen molar-refractivity contribution >= 4 is 23.3 Å². The zero-order chi connectivity index (χ0) is 14.8. The molecule has 1 aromatic carbocycles. The summed E-state index contributed by atoms with van der Waals surface area (Å²) in [5.74, 6) is 0. The largest absolute Gasteiger partial charge is 0.298 e. The van der Waals surface area contributed by atoms with E-state index in [1.807, 2.05) is 17.5 Å². The molecule has 0 saturated heterocycles. The average molecular weight is 299 g/mol. The average Bonchev–Trinajstić information content (AvgIpc) is 3.16. The third kappa shape index (κ3) is 2.46. The number of carbonyl (C=O) groups is 1. The number of benzene rings is 1. The molecule has 0 radical (unpaired) electrons. The summed E-state index contributed by atoms with van der Waals surface area (Å²) in [6.45, 7) is 0. The van der Waals surface area contributed by atoms with Gasteiger partial charge in [-0.25, -0.2) is 4.68 Å². The third-order valence-corrected chi connectivity index (χ3v) is 3.83. The number of hydrogen-bond acceptors (Lipinski definition) is 5. The minimum absolute atomic E-state index is 0.0139. The van der Waals surface area contributed by atoms with E-state index in [0.29, 0.717) is 16.9 Å². The fraction of sp³-hybridized carbons (Fsp3) is 0. The highest BCUT2D eigenvalue weighted by Crippen LogP contribution is 2.27. The molecule has 0 atom stereocenters. The molecular formula is C14H9N3O3S. The molecule has 0 N–H and O–H groups in total. The first-order valence-corrected chi connectivity index (χ1v) is 6.90. The van der Waals surface area contributed by atoms with Gasteiger partial charge in [0, 0.05) is 18.3 Å². The number of thiophene rings is 1. The highest BCUT2D eigenvalue weighted by Gasteiger charge is 2.13. The van der Waals surface area contributed by atoms with Crippen LogP contribution in [0.5, 0.6) is 0 Å². The number of aromatic nitrogens is 2. The van der Waals surface area contributed by atoms with Gasteiger partial charge in [-0.15, -0.1) is 11.3 Å². The summed E-state index contributed by atoms with van der Waals surface area (Å²) in [5, 5.41) is 17.0. The normalized spacial score (nSPS) is 10.5. The summed E-state index contributed by atoms with van der Waals surface area (Å²) >= 11 is 1.50. The lowest BCUT2D eigenvalue weighted by Gasteiger charge is -2.00. The molecule has 0 spiro atoms. The first-order valence-electron chi connectivity index (χ1n) is 6.02. The summed E-state index contributed by atoms with van der Waals surface area (Å²) in [6.07, 6.45) is 2.37. The predicted molar refractivity (Wildman–Crippen MR) is 78.9 cm³/mol. The lowest BCUT2D eigenvalue weighted by Crippen LogP contribution is -1.95.